The molecule has 31 heavy (non-hydrogen) atoms. The van der Waals surface area contributed by atoms with Crippen molar-refractivity contribution in [1.29, 1.82) is 0 Å². The highest BCUT2D eigenvalue weighted by atomic mass is 16.5. The Kier molecular flexibility index (Phi) is 7.29. The molecule has 0 radical (unpaired) electrons. The van der Waals surface area contributed by atoms with Gasteiger partial charge in [-0.3, -0.25) is 9.78 Å². The van der Waals surface area contributed by atoms with Crippen LogP contribution in [0.5, 0.6) is 11.5 Å². The zero-order valence-electron chi connectivity index (χ0n) is 17.7. The van der Waals surface area contributed by atoms with E-state index in [4.69, 9.17) is 4.74 Å². The highest BCUT2D eigenvalue weighted by Crippen LogP contribution is 2.27. The molecule has 5 nitrogen and oxygen atoms in total. The Morgan fingerprint density at radius 2 is 1.61 bits per heavy atom. The standard InChI is InChI=1S/C26H29N3O2/c30-26(23-7-9-25(10-8-23)31-24-5-2-1-3-6-24)28-15-4-18-29-19-13-22(14-20-29)21-11-16-27-17-12-21/h1-3,5-12,16-17,22H,4,13-15,18-20H2,(H,28,30). The first-order valence-corrected chi connectivity index (χ1v) is 11.0. The molecule has 1 N–H and O–H groups in total. The molecule has 3 aromatic rings. The number of hydrogen-bond acceptors (Lipinski definition) is 4. The van der Waals surface area contributed by atoms with Crippen LogP contribution in [0.3, 0.4) is 0 Å². The number of para-hydroxylation sites is 1. The minimum absolute atomic E-state index is 0.0392. The molecule has 0 saturated carbocycles. The van der Waals surface area contributed by atoms with Gasteiger partial charge in [0.25, 0.3) is 5.91 Å². The fraction of sp³-hybridized carbons (Fsp3) is 0.308. The summed E-state index contributed by atoms with van der Waals surface area (Å²) in [4.78, 5) is 19.0. The Morgan fingerprint density at radius 1 is 0.935 bits per heavy atom. The number of rotatable bonds is 8. The van der Waals surface area contributed by atoms with Gasteiger partial charge < -0.3 is 15.0 Å². The van der Waals surface area contributed by atoms with E-state index in [1.165, 1.54) is 18.4 Å². The molecule has 1 fully saturated rings. The molecule has 0 bridgehead atoms. The van der Waals surface area contributed by atoms with Gasteiger partial charge in [0.2, 0.25) is 0 Å². The number of ether oxygens (including phenoxy) is 1. The second-order valence-electron chi connectivity index (χ2n) is 7.95. The third-order valence-electron chi connectivity index (χ3n) is 5.80. The van der Waals surface area contributed by atoms with Crippen LogP contribution in [0.1, 0.15) is 41.1 Å². The summed E-state index contributed by atoms with van der Waals surface area (Å²) in [5.41, 5.74) is 2.06. The molecule has 0 spiro atoms. The quantitative estimate of drug-likeness (QED) is 0.533. The van der Waals surface area contributed by atoms with E-state index >= 15 is 0 Å². The second-order valence-corrected chi connectivity index (χ2v) is 7.95. The Bertz CT molecular complexity index is 937. The van der Waals surface area contributed by atoms with Crippen LogP contribution >= 0.6 is 0 Å². The number of aromatic nitrogens is 1. The summed E-state index contributed by atoms with van der Waals surface area (Å²) >= 11 is 0. The molecule has 0 unspecified atom stereocenters. The van der Waals surface area contributed by atoms with Gasteiger partial charge >= 0.3 is 0 Å². The smallest absolute Gasteiger partial charge is 0.251 e. The predicted octanol–water partition coefficient (Wildman–Crippen LogP) is 4.87. The van der Waals surface area contributed by atoms with Crippen LogP contribution < -0.4 is 10.1 Å². The van der Waals surface area contributed by atoms with E-state index in [2.05, 4.69) is 27.3 Å². The Hall–Kier alpha value is -3.18. The highest BCUT2D eigenvalue weighted by molar-refractivity contribution is 5.94. The third kappa shape index (κ3) is 6.15. The molecule has 1 aliphatic heterocycles. The summed E-state index contributed by atoms with van der Waals surface area (Å²) in [5.74, 6) is 2.11. The number of hydrogen-bond donors (Lipinski definition) is 1. The van der Waals surface area contributed by atoms with Crippen molar-refractivity contribution in [3.05, 3.63) is 90.3 Å². The number of carbonyl (C=O) groups excluding carboxylic acids is 1. The number of piperidine rings is 1. The van der Waals surface area contributed by atoms with Crippen molar-refractivity contribution in [2.24, 2.45) is 0 Å². The zero-order chi connectivity index (χ0) is 21.3. The Morgan fingerprint density at radius 3 is 2.32 bits per heavy atom. The van der Waals surface area contributed by atoms with E-state index in [0.717, 1.165) is 37.6 Å². The molecular weight excluding hydrogens is 386 g/mol. The lowest BCUT2D eigenvalue weighted by atomic mass is 9.90. The highest BCUT2D eigenvalue weighted by Gasteiger charge is 2.20. The lowest BCUT2D eigenvalue weighted by Crippen LogP contribution is -2.35. The molecule has 4 rings (SSSR count). The van der Waals surface area contributed by atoms with Crippen molar-refractivity contribution >= 4 is 5.91 Å². The third-order valence-corrected chi connectivity index (χ3v) is 5.80. The normalized spacial score (nSPS) is 14.8. The Labute approximate surface area is 184 Å². The summed E-state index contributed by atoms with van der Waals surface area (Å²) in [6.45, 7) is 3.94. The number of nitrogens with zero attached hydrogens (tertiary/aromatic N) is 2. The first-order chi connectivity index (χ1) is 15.3. The van der Waals surface area contributed by atoms with Crippen LogP contribution in [0.2, 0.25) is 0 Å². The monoisotopic (exact) mass is 415 g/mol. The maximum atomic E-state index is 12.4. The number of amides is 1. The fourth-order valence-electron chi connectivity index (χ4n) is 4.03. The van der Waals surface area contributed by atoms with Gasteiger partial charge in [0.1, 0.15) is 11.5 Å². The zero-order valence-corrected chi connectivity index (χ0v) is 17.7. The summed E-state index contributed by atoms with van der Waals surface area (Å²) in [7, 11) is 0. The van der Waals surface area contributed by atoms with Gasteiger partial charge in [-0.05, 0) is 98.9 Å². The summed E-state index contributed by atoms with van der Waals surface area (Å²) in [6.07, 6.45) is 7.10. The minimum atomic E-state index is -0.0392. The summed E-state index contributed by atoms with van der Waals surface area (Å²) in [5, 5.41) is 3.03. The molecule has 2 heterocycles. The van der Waals surface area contributed by atoms with Gasteiger partial charge in [-0.25, -0.2) is 0 Å². The molecule has 160 valence electrons. The fourth-order valence-corrected chi connectivity index (χ4v) is 4.03. The van der Waals surface area contributed by atoms with Gasteiger partial charge in [0.05, 0.1) is 0 Å². The number of pyridine rings is 1. The van der Waals surface area contributed by atoms with Crippen LogP contribution in [-0.4, -0.2) is 42.0 Å². The molecule has 1 aromatic heterocycles. The molecule has 1 saturated heterocycles. The first kappa shape index (κ1) is 21.1. The lowest BCUT2D eigenvalue weighted by molar-refractivity contribution is 0.0951. The van der Waals surface area contributed by atoms with Crippen LogP contribution in [0.15, 0.2) is 79.1 Å². The van der Waals surface area contributed by atoms with Gasteiger partial charge in [-0.15, -0.1) is 0 Å². The summed E-state index contributed by atoms with van der Waals surface area (Å²) < 4.78 is 5.77. The first-order valence-electron chi connectivity index (χ1n) is 11.0. The van der Waals surface area contributed by atoms with E-state index in [1.807, 2.05) is 54.9 Å². The van der Waals surface area contributed by atoms with Crippen LogP contribution in [0, 0.1) is 0 Å². The molecule has 1 aliphatic rings. The Balaban J connectivity index is 1.15. The van der Waals surface area contributed by atoms with Crippen LogP contribution in [0.4, 0.5) is 0 Å². The van der Waals surface area contributed by atoms with Crippen LogP contribution in [-0.2, 0) is 0 Å². The van der Waals surface area contributed by atoms with Crippen molar-refractivity contribution < 1.29 is 9.53 Å². The molecule has 1 amide bonds. The van der Waals surface area contributed by atoms with E-state index in [9.17, 15) is 4.79 Å². The predicted molar refractivity (Wildman–Crippen MR) is 123 cm³/mol. The van der Waals surface area contributed by atoms with E-state index in [0.29, 0.717) is 18.0 Å². The average Bonchev–Trinajstić information content (AvgIpc) is 2.84. The summed E-state index contributed by atoms with van der Waals surface area (Å²) in [6, 6.07) is 21.2. The number of carbonyl (C=O) groups is 1. The molecule has 2 aromatic carbocycles. The van der Waals surface area contributed by atoms with Crippen molar-refractivity contribution in [2.45, 2.75) is 25.2 Å². The maximum Gasteiger partial charge on any atom is 0.251 e. The SMILES string of the molecule is O=C(NCCCN1CCC(c2ccncc2)CC1)c1ccc(Oc2ccccc2)cc1. The molecular formula is C26H29N3O2. The van der Waals surface area contributed by atoms with Crippen molar-refractivity contribution in [2.75, 3.05) is 26.2 Å². The number of likely N-dealkylation sites (tertiary alicyclic amines) is 1. The maximum absolute atomic E-state index is 12.4. The number of benzene rings is 2. The van der Waals surface area contributed by atoms with Gasteiger partial charge in [0.15, 0.2) is 0 Å². The topological polar surface area (TPSA) is 54.5 Å². The molecule has 0 atom stereocenters. The van der Waals surface area contributed by atoms with E-state index in [1.54, 1.807) is 12.1 Å². The van der Waals surface area contributed by atoms with Gasteiger partial charge in [0, 0.05) is 24.5 Å². The largest absolute Gasteiger partial charge is 0.457 e. The number of nitrogens with one attached hydrogen (secondary N) is 1. The van der Waals surface area contributed by atoms with E-state index in [-0.39, 0.29) is 5.91 Å². The van der Waals surface area contributed by atoms with Crippen molar-refractivity contribution in [1.82, 2.24) is 15.2 Å². The van der Waals surface area contributed by atoms with Gasteiger partial charge in [-0.2, -0.15) is 0 Å². The van der Waals surface area contributed by atoms with E-state index < -0.39 is 0 Å². The van der Waals surface area contributed by atoms with Crippen molar-refractivity contribution in [3.8, 4) is 11.5 Å². The van der Waals surface area contributed by atoms with Crippen LogP contribution in [0.25, 0.3) is 0 Å². The molecule has 0 aliphatic carbocycles. The van der Waals surface area contributed by atoms with Gasteiger partial charge in [-0.1, -0.05) is 18.2 Å². The second kappa shape index (κ2) is 10.7. The molecule has 5 heteroatoms. The average molecular weight is 416 g/mol. The van der Waals surface area contributed by atoms with Crippen molar-refractivity contribution in [3.63, 3.8) is 0 Å². The minimum Gasteiger partial charge on any atom is -0.457 e. The lowest BCUT2D eigenvalue weighted by Gasteiger charge is -2.32.